The Bertz CT molecular complexity index is 1590. The number of aryl methyl sites for hydroxylation is 1. The number of rotatable bonds is 9. The molecule has 1 aliphatic heterocycles. The van der Waals surface area contributed by atoms with Crippen molar-refractivity contribution < 1.29 is 42.1 Å². The molecular formula is C33H33F3N2O6. The number of hydrogen-bond donors (Lipinski definition) is 2. The van der Waals surface area contributed by atoms with E-state index in [-0.39, 0.29) is 47.2 Å². The summed E-state index contributed by atoms with van der Waals surface area (Å²) in [7, 11) is 2.77. The Kier molecular flexibility index (Phi) is 9.36. The number of ether oxygens (including phenoxy) is 2. The summed E-state index contributed by atoms with van der Waals surface area (Å²) in [6.45, 7) is 4.73. The number of nitrogens with zero attached hydrogens (tertiary/aromatic N) is 1. The van der Waals surface area contributed by atoms with E-state index >= 15 is 0 Å². The van der Waals surface area contributed by atoms with Gasteiger partial charge in [0.1, 0.15) is 5.92 Å². The average molecular weight is 611 g/mol. The molecule has 232 valence electrons. The lowest BCUT2D eigenvalue weighted by Crippen LogP contribution is -2.51. The fraction of sp³-hybridized carbons (Fsp3) is 0.303. The van der Waals surface area contributed by atoms with Crippen LogP contribution >= 0.6 is 0 Å². The molecule has 2 amide bonds. The number of nitrogens with one attached hydrogen (secondary N) is 1. The van der Waals surface area contributed by atoms with Gasteiger partial charge in [-0.05, 0) is 68.7 Å². The molecular weight excluding hydrogens is 577 g/mol. The molecule has 1 heterocycles. The minimum absolute atomic E-state index is 0.0575. The first-order chi connectivity index (χ1) is 20.8. The van der Waals surface area contributed by atoms with Crippen LogP contribution in [0.5, 0.6) is 17.2 Å². The van der Waals surface area contributed by atoms with Crippen LogP contribution in [0.3, 0.4) is 0 Å². The monoisotopic (exact) mass is 610 g/mol. The molecule has 0 saturated heterocycles. The number of hydrogen-bond acceptors (Lipinski definition) is 6. The highest BCUT2D eigenvalue weighted by Gasteiger charge is 2.47. The van der Waals surface area contributed by atoms with E-state index in [1.807, 2.05) is 6.92 Å². The van der Waals surface area contributed by atoms with Crippen LogP contribution in [0.1, 0.15) is 42.0 Å². The van der Waals surface area contributed by atoms with Crippen LogP contribution in [0.4, 0.5) is 18.9 Å². The van der Waals surface area contributed by atoms with E-state index in [4.69, 9.17) is 9.47 Å². The number of alkyl halides is 3. The van der Waals surface area contributed by atoms with E-state index in [1.54, 1.807) is 36.4 Å². The molecule has 0 saturated carbocycles. The summed E-state index contributed by atoms with van der Waals surface area (Å²) in [5.41, 5.74) is 1.36. The second kappa shape index (κ2) is 12.8. The van der Waals surface area contributed by atoms with Gasteiger partial charge in [-0.1, -0.05) is 35.9 Å². The van der Waals surface area contributed by atoms with Gasteiger partial charge in [-0.25, -0.2) is 0 Å². The normalized spacial score (nSPS) is 17.0. The number of allylic oxidation sites excluding steroid dienone is 2. The summed E-state index contributed by atoms with van der Waals surface area (Å²) in [6, 6.07) is 14.5. The smallest absolute Gasteiger partial charge is 0.416 e. The van der Waals surface area contributed by atoms with Gasteiger partial charge in [0.15, 0.2) is 17.3 Å². The van der Waals surface area contributed by atoms with Crippen molar-refractivity contribution in [2.45, 2.75) is 39.3 Å². The van der Waals surface area contributed by atoms with Crippen molar-refractivity contribution in [1.29, 1.82) is 0 Å². The molecule has 8 nitrogen and oxygen atoms in total. The lowest BCUT2D eigenvalue weighted by atomic mass is 9.74. The molecule has 3 aromatic rings. The molecule has 2 atom stereocenters. The predicted molar refractivity (Wildman–Crippen MR) is 158 cm³/mol. The number of aromatic hydroxyl groups is 1. The van der Waals surface area contributed by atoms with Gasteiger partial charge in [-0.15, -0.1) is 0 Å². The van der Waals surface area contributed by atoms with Gasteiger partial charge in [-0.2, -0.15) is 13.2 Å². The summed E-state index contributed by atoms with van der Waals surface area (Å²) in [5, 5.41) is 13.0. The maximum absolute atomic E-state index is 14.2. The van der Waals surface area contributed by atoms with Gasteiger partial charge >= 0.3 is 6.18 Å². The lowest BCUT2D eigenvalue weighted by Gasteiger charge is -2.39. The van der Waals surface area contributed by atoms with Crippen LogP contribution in [0, 0.1) is 12.8 Å². The molecule has 3 aromatic carbocycles. The van der Waals surface area contributed by atoms with Gasteiger partial charge in [0.2, 0.25) is 17.6 Å². The number of phenolic OH excluding ortho intramolecular Hbond substituents is 1. The molecule has 2 N–H and O–H groups in total. The summed E-state index contributed by atoms with van der Waals surface area (Å²) in [4.78, 5) is 42.2. The number of amides is 2. The summed E-state index contributed by atoms with van der Waals surface area (Å²) >= 11 is 0. The number of phenols is 1. The lowest BCUT2D eigenvalue weighted by molar-refractivity contribution is -0.138. The first-order valence-corrected chi connectivity index (χ1v) is 13.8. The Labute approximate surface area is 253 Å². The highest BCUT2D eigenvalue weighted by Crippen LogP contribution is 2.44. The standard InChI is InChI=1S/C33H33F3N2O6/c1-18-9-11-22(12-10-18)28-27(20(3)39)19(2)38(24-8-6-7-23(17-24)33(34,35)36)32(42)29(28)31(41)37-14-13-21-15-25(43-4)30(40)26(16-21)44-5/h6-12,15-17,28-29,40H,13-14H2,1-5H3,(H,37,41). The maximum Gasteiger partial charge on any atom is 0.416 e. The molecule has 0 spiro atoms. The van der Waals surface area contributed by atoms with Gasteiger partial charge < -0.3 is 19.9 Å². The fourth-order valence-corrected chi connectivity index (χ4v) is 5.50. The molecule has 11 heteroatoms. The van der Waals surface area contributed by atoms with Crippen molar-refractivity contribution in [3.05, 3.63) is 94.2 Å². The fourth-order valence-electron chi connectivity index (χ4n) is 5.50. The van der Waals surface area contributed by atoms with Crippen LogP contribution < -0.4 is 19.7 Å². The first kappa shape index (κ1) is 32.1. The van der Waals surface area contributed by atoms with Gasteiger partial charge in [0.05, 0.1) is 19.8 Å². The second-order valence-corrected chi connectivity index (χ2v) is 10.5. The average Bonchev–Trinajstić information content (AvgIpc) is 2.97. The van der Waals surface area contributed by atoms with E-state index in [2.05, 4.69) is 5.32 Å². The van der Waals surface area contributed by atoms with E-state index in [0.29, 0.717) is 11.1 Å². The number of halogens is 3. The number of ketones is 1. The van der Waals surface area contributed by atoms with Crippen LogP contribution in [0.2, 0.25) is 0 Å². The Morgan fingerprint density at radius 3 is 2.14 bits per heavy atom. The molecule has 2 unspecified atom stereocenters. The zero-order valence-electron chi connectivity index (χ0n) is 24.9. The van der Waals surface area contributed by atoms with Crippen LogP contribution in [-0.4, -0.2) is 43.5 Å². The Morgan fingerprint density at radius 2 is 1.59 bits per heavy atom. The summed E-state index contributed by atoms with van der Waals surface area (Å²) < 4.78 is 51.1. The van der Waals surface area contributed by atoms with Crippen molar-refractivity contribution in [3.63, 3.8) is 0 Å². The third kappa shape index (κ3) is 6.41. The highest BCUT2D eigenvalue weighted by molar-refractivity contribution is 6.15. The Balaban J connectivity index is 1.75. The van der Waals surface area contributed by atoms with Crippen molar-refractivity contribution in [1.82, 2.24) is 5.32 Å². The zero-order chi connectivity index (χ0) is 32.3. The van der Waals surface area contributed by atoms with E-state index in [1.165, 1.54) is 40.2 Å². The molecule has 44 heavy (non-hydrogen) atoms. The molecule has 1 aliphatic rings. The molecule has 4 rings (SSSR count). The van der Waals surface area contributed by atoms with Crippen molar-refractivity contribution in [3.8, 4) is 17.2 Å². The predicted octanol–water partition coefficient (Wildman–Crippen LogP) is 5.71. The molecule has 0 aliphatic carbocycles. The SMILES string of the molecule is COc1cc(CCNC(=O)C2C(=O)N(c3cccc(C(F)(F)F)c3)C(C)=C(C(C)=O)C2c2ccc(C)cc2)cc(OC)c1O. The van der Waals surface area contributed by atoms with Gasteiger partial charge in [-0.3, -0.25) is 19.3 Å². The second-order valence-electron chi connectivity index (χ2n) is 10.5. The third-order valence-corrected chi connectivity index (χ3v) is 7.64. The largest absolute Gasteiger partial charge is 0.502 e. The molecule has 0 aromatic heterocycles. The van der Waals surface area contributed by atoms with E-state index in [0.717, 1.165) is 22.6 Å². The minimum atomic E-state index is -4.67. The van der Waals surface area contributed by atoms with Gasteiger partial charge in [0, 0.05) is 29.4 Å². The number of anilines is 1. The highest BCUT2D eigenvalue weighted by atomic mass is 19.4. The van der Waals surface area contributed by atoms with E-state index < -0.39 is 41.2 Å². The maximum atomic E-state index is 14.2. The van der Waals surface area contributed by atoms with Crippen LogP contribution in [0.15, 0.2) is 71.9 Å². The van der Waals surface area contributed by atoms with Crippen molar-refractivity contribution in [2.75, 3.05) is 25.7 Å². The molecule has 0 radical (unpaired) electrons. The minimum Gasteiger partial charge on any atom is -0.502 e. The van der Waals surface area contributed by atoms with Crippen molar-refractivity contribution in [2.24, 2.45) is 5.92 Å². The van der Waals surface area contributed by atoms with Crippen molar-refractivity contribution >= 4 is 23.3 Å². The topological polar surface area (TPSA) is 105 Å². The summed E-state index contributed by atoms with van der Waals surface area (Å²) in [6.07, 6.45) is -4.41. The number of benzene rings is 3. The molecule has 0 fully saturated rings. The number of Topliss-reactive ketones (excluding diaryl/α,β-unsaturated/α-hetero) is 1. The molecule has 0 bridgehead atoms. The third-order valence-electron chi connectivity index (χ3n) is 7.64. The summed E-state index contributed by atoms with van der Waals surface area (Å²) in [5.74, 6) is -4.13. The zero-order valence-corrected chi connectivity index (χ0v) is 24.9. The van der Waals surface area contributed by atoms with Crippen LogP contribution in [0.25, 0.3) is 0 Å². The number of methoxy groups -OCH3 is 2. The Hall–Kier alpha value is -4.80. The van der Waals surface area contributed by atoms with E-state index in [9.17, 15) is 32.7 Å². The first-order valence-electron chi connectivity index (χ1n) is 13.8. The van der Waals surface area contributed by atoms with Gasteiger partial charge in [0.25, 0.3) is 0 Å². The number of carbonyl (C=O) groups is 3. The van der Waals surface area contributed by atoms with Crippen LogP contribution in [-0.2, 0) is 27.0 Å². The number of carbonyl (C=O) groups excluding carboxylic acids is 3. The quantitative estimate of drug-likeness (QED) is 0.301. The Morgan fingerprint density at radius 1 is 0.977 bits per heavy atom.